The Hall–Kier alpha value is -4.31. The highest BCUT2D eigenvalue weighted by molar-refractivity contribution is 5.89. The fourth-order valence-electron chi connectivity index (χ4n) is 4.19. The molecule has 1 aliphatic heterocycles. The van der Waals surface area contributed by atoms with Crippen LogP contribution in [-0.2, 0) is 32.2 Å². The zero-order valence-electron chi connectivity index (χ0n) is 19.9. The molecule has 36 heavy (non-hydrogen) atoms. The van der Waals surface area contributed by atoms with E-state index in [0.29, 0.717) is 56.5 Å². The van der Waals surface area contributed by atoms with Crippen LogP contribution < -0.4 is 10.2 Å². The molecule has 0 unspecified atom stereocenters. The number of imidazole rings is 1. The molecule has 0 radical (unpaired) electrons. The fourth-order valence-corrected chi connectivity index (χ4v) is 4.19. The molecular weight excluding hydrogens is 460 g/mol. The number of anilines is 2. The van der Waals surface area contributed by atoms with Gasteiger partial charge in [0.1, 0.15) is 17.8 Å². The molecule has 1 N–H and O–H groups in total. The van der Waals surface area contributed by atoms with Gasteiger partial charge < -0.3 is 24.3 Å². The minimum absolute atomic E-state index is 0.106. The maximum absolute atomic E-state index is 11.3. The van der Waals surface area contributed by atoms with Crippen molar-refractivity contribution < 1.29 is 19.1 Å². The topological polar surface area (TPSA) is 111 Å². The van der Waals surface area contributed by atoms with E-state index in [-0.39, 0.29) is 12.5 Å². The summed E-state index contributed by atoms with van der Waals surface area (Å²) in [5.74, 6) is 0.517. The number of morpholine rings is 1. The van der Waals surface area contributed by atoms with Gasteiger partial charge in [0.25, 0.3) is 6.47 Å². The van der Waals surface area contributed by atoms with Crippen LogP contribution in [0.3, 0.4) is 0 Å². The number of nitrogens with one attached hydrogen (secondary N) is 1. The number of ether oxygens (including phenoxy) is 2. The van der Waals surface area contributed by atoms with Crippen LogP contribution in [0, 0.1) is 0 Å². The van der Waals surface area contributed by atoms with Crippen LogP contribution in [-0.4, -0.2) is 58.2 Å². The Morgan fingerprint density at radius 1 is 1.11 bits per heavy atom. The molecule has 2 aromatic carbocycles. The summed E-state index contributed by atoms with van der Waals surface area (Å²) in [5, 5.41) is 2.78. The Morgan fingerprint density at radius 3 is 2.67 bits per heavy atom. The van der Waals surface area contributed by atoms with Crippen molar-refractivity contribution >= 4 is 35.2 Å². The average Bonchev–Trinajstić information content (AvgIpc) is 3.31. The third-order valence-electron chi connectivity index (χ3n) is 5.89. The van der Waals surface area contributed by atoms with Crippen LogP contribution in [0.4, 0.5) is 11.6 Å². The van der Waals surface area contributed by atoms with Crippen LogP contribution in [0.1, 0.15) is 18.1 Å². The Balaban J connectivity index is 1.54. The van der Waals surface area contributed by atoms with E-state index in [1.165, 1.54) is 6.92 Å². The van der Waals surface area contributed by atoms with Gasteiger partial charge in [-0.05, 0) is 29.3 Å². The Labute approximate surface area is 207 Å². The third-order valence-corrected chi connectivity index (χ3v) is 5.89. The highest BCUT2D eigenvalue weighted by atomic mass is 16.5. The van der Waals surface area contributed by atoms with E-state index in [2.05, 4.69) is 15.2 Å². The highest BCUT2D eigenvalue weighted by Crippen LogP contribution is 2.29. The molecule has 4 aromatic rings. The molecular formula is C26H26N6O4. The van der Waals surface area contributed by atoms with Gasteiger partial charge in [0.05, 0.1) is 26.1 Å². The normalized spacial score (nSPS) is 13.5. The quantitative estimate of drug-likeness (QED) is 0.379. The summed E-state index contributed by atoms with van der Waals surface area (Å²) >= 11 is 0. The second-order valence-electron chi connectivity index (χ2n) is 8.50. The van der Waals surface area contributed by atoms with Gasteiger partial charge in [-0.2, -0.15) is 4.98 Å². The molecule has 0 spiro atoms. The number of carbonyl (C=O) groups excluding carboxylic acids is 2. The van der Waals surface area contributed by atoms with Crippen molar-refractivity contribution in [1.82, 2.24) is 19.5 Å². The number of carbonyl (C=O) groups is 2. The summed E-state index contributed by atoms with van der Waals surface area (Å²) in [7, 11) is 0. The van der Waals surface area contributed by atoms with Gasteiger partial charge >= 0.3 is 0 Å². The summed E-state index contributed by atoms with van der Waals surface area (Å²) in [6.45, 7) is 5.32. The zero-order chi connectivity index (χ0) is 24.9. The maximum Gasteiger partial charge on any atom is 0.293 e. The van der Waals surface area contributed by atoms with E-state index in [1.54, 1.807) is 6.33 Å². The monoisotopic (exact) mass is 486 g/mol. The predicted octanol–water partition coefficient (Wildman–Crippen LogP) is 3.01. The van der Waals surface area contributed by atoms with Crippen molar-refractivity contribution in [1.29, 1.82) is 0 Å². The van der Waals surface area contributed by atoms with Crippen LogP contribution in [0.5, 0.6) is 0 Å². The lowest BCUT2D eigenvalue weighted by atomic mass is 10.1. The van der Waals surface area contributed by atoms with Gasteiger partial charge in [0.15, 0.2) is 5.65 Å². The van der Waals surface area contributed by atoms with Crippen molar-refractivity contribution in [3.05, 3.63) is 66.0 Å². The third kappa shape index (κ3) is 5.18. The SMILES string of the molecule is CC(=O)Nc1ccc(Cn2cnc3c(-c4cccc(COC=O)c4)nc(N4CCOCC4)nc32)cc1. The Kier molecular flexibility index (Phi) is 6.85. The van der Waals surface area contributed by atoms with E-state index < -0.39 is 0 Å². The standard InChI is InChI=1S/C26H26N6O4/c1-18(34)28-22-7-5-19(6-8-22)14-32-16-27-24-23(21-4-2-3-20(13-21)15-36-17-33)29-26(30-25(24)32)31-9-11-35-12-10-31/h2-8,13,16-17H,9-12,14-15H2,1H3,(H,28,34). The Bertz CT molecular complexity index is 1380. The first-order valence-corrected chi connectivity index (χ1v) is 11.7. The first kappa shape index (κ1) is 23.4. The molecule has 2 aromatic heterocycles. The van der Waals surface area contributed by atoms with Gasteiger partial charge in [-0.3, -0.25) is 9.59 Å². The molecule has 3 heterocycles. The molecule has 5 rings (SSSR count). The molecule has 0 bridgehead atoms. The number of amides is 1. The minimum Gasteiger partial charge on any atom is -0.463 e. The van der Waals surface area contributed by atoms with Crippen molar-refractivity contribution in [3.8, 4) is 11.3 Å². The molecule has 1 amide bonds. The smallest absolute Gasteiger partial charge is 0.293 e. The molecule has 0 atom stereocenters. The maximum atomic E-state index is 11.3. The lowest BCUT2D eigenvalue weighted by Crippen LogP contribution is -2.37. The lowest BCUT2D eigenvalue weighted by molar-refractivity contribution is -0.129. The number of hydrogen-bond donors (Lipinski definition) is 1. The fraction of sp³-hybridized carbons (Fsp3) is 0.269. The molecule has 0 saturated carbocycles. The molecule has 10 heteroatoms. The number of fused-ring (bicyclic) bond motifs is 1. The van der Waals surface area contributed by atoms with Gasteiger partial charge in [0, 0.05) is 31.3 Å². The first-order valence-electron chi connectivity index (χ1n) is 11.7. The average molecular weight is 487 g/mol. The molecule has 184 valence electrons. The van der Waals surface area contributed by atoms with E-state index in [9.17, 15) is 9.59 Å². The minimum atomic E-state index is -0.106. The van der Waals surface area contributed by atoms with E-state index in [4.69, 9.17) is 19.4 Å². The van der Waals surface area contributed by atoms with Crippen molar-refractivity contribution in [2.45, 2.75) is 20.1 Å². The van der Waals surface area contributed by atoms with E-state index >= 15 is 0 Å². The van der Waals surface area contributed by atoms with Crippen molar-refractivity contribution in [2.24, 2.45) is 0 Å². The summed E-state index contributed by atoms with van der Waals surface area (Å²) in [6, 6.07) is 15.4. The van der Waals surface area contributed by atoms with E-state index in [1.807, 2.05) is 53.1 Å². The largest absolute Gasteiger partial charge is 0.463 e. The van der Waals surface area contributed by atoms with Gasteiger partial charge in [-0.15, -0.1) is 0 Å². The first-order chi connectivity index (χ1) is 17.6. The van der Waals surface area contributed by atoms with E-state index in [0.717, 1.165) is 28.0 Å². The number of hydrogen-bond acceptors (Lipinski definition) is 8. The summed E-state index contributed by atoms with van der Waals surface area (Å²) < 4.78 is 12.5. The molecule has 1 fully saturated rings. The van der Waals surface area contributed by atoms with Crippen LogP contribution in [0.25, 0.3) is 22.4 Å². The lowest BCUT2D eigenvalue weighted by Gasteiger charge is -2.27. The summed E-state index contributed by atoms with van der Waals surface area (Å²) in [4.78, 5) is 38.6. The highest BCUT2D eigenvalue weighted by Gasteiger charge is 2.20. The molecule has 10 nitrogen and oxygen atoms in total. The van der Waals surface area contributed by atoms with Crippen LogP contribution in [0.15, 0.2) is 54.9 Å². The summed E-state index contributed by atoms with van der Waals surface area (Å²) in [6.07, 6.45) is 1.77. The predicted molar refractivity (Wildman–Crippen MR) is 134 cm³/mol. The number of rotatable bonds is 8. The number of benzene rings is 2. The van der Waals surface area contributed by atoms with Crippen LogP contribution >= 0.6 is 0 Å². The van der Waals surface area contributed by atoms with Gasteiger partial charge in [-0.1, -0.05) is 30.3 Å². The summed E-state index contributed by atoms with van der Waals surface area (Å²) in [5.41, 5.74) is 5.65. The molecule has 1 aliphatic rings. The van der Waals surface area contributed by atoms with Crippen molar-refractivity contribution in [2.75, 3.05) is 36.5 Å². The van der Waals surface area contributed by atoms with Crippen molar-refractivity contribution in [3.63, 3.8) is 0 Å². The zero-order valence-corrected chi connectivity index (χ0v) is 19.9. The second kappa shape index (κ2) is 10.5. The van der Waals surface area contributed by atoms with Gasteiger partial charge in [0.2, 0.25) is 11.9 Å². The number of aromatic nitrogens is 4. The number of nitrogens with zero attached hydrogens (tertiary/aromatic N) is 5. The van der Waals surface area contributed by atoms with Crippen LogP contribution in [0.2, 0.25) is 0 Å². The molecule has 1 saturated heterocycles. The Morgan fingerprint density at radius 2 is 1.92 bits per heavy atom. The molecule has 0 aliphatic carbocycles. The van der Waals surface area contributed by atoms with Gasteiger partial charge in [-0.25, -0.2) is 9.97 Å². The second-order valence-corrected chi connectivity index (χ2v) is 8.50.